The van der Waals surface area contributed by atoms with Crippen molar-refractivity contribution in [2.45, 2.75) is 43.2 Å². The summed E-state index contributed by atoms with van der Waals surface area (Å²) < 4.78 is 44.2. The smallest absolute Gasteiger partial charge is 0.254 e. The van der Waals surface area contributed by atoms with Gasteiger partial charge < -0.3 is 19.1 Å². The Bertz CT molecular complexity index is 1090. The molecule has 0 aromatic heterocycles. The average molecular weight is 475 g/mol. The lowest BCUT2D eigenvalue weighted by atomic mass is 10.0. The number of rotatable bonds is 7. The van der Waals surface area contributed by atoms with Crippen molar-refractivity contribution in [2.75, 3.05) is 33.5 Å². The molecule has 2 heterocycles. The number of carbonyl (C=O) groups excluding carboxylic acids is 1. The van der Waals surface area contributed by atoms with Gasteiger partial charge in [0, 0.05) is 31.7 Å². The molecule has 1 amide bonds. The van der Waals surface area contributed by atoms with Gasteiger partial charge >= 0.3 is 0 Å². The van der Waals surface area contributed by atoms with Crippen LogP contribution in [0.4, 0.5) is 0 Å². The Hall–Kier alpha value is -2.62. The van der Waals surface area contributed by atoms with Crippen LogP contribution in [-0.2, 0) is 14.8 Å². The number of nitrogens with zero attached hydrogens (tertiary/aromatic N) is 1. The van der Waals surface area contributed by atoms with Crippen molar-refractivity contribution in [3.8, 4) is 11.5 Å². The Morgan fingerprint density at radius 3 is 2.58 bits per heavy atom. The summed E-state index contributed by atoms with van der Waals surface area (Å²) in [6, 6.07) is 11.5. The van der Waals surface area contributed by atoms with Crippen LogP contribution in [0.2, 0.25) is 0 Å². The van der Waals surface area contributed by atoms with Gasteiger partial charge in [-0.2, -0.15) is 0 Å². The topological polar surface area (TPSA) is 94.2 Å². The number of fused-ring (bicyclic) bond motifs is 1. The van der Waals surface area contributed by atoms with E-state index in [1.165, 1.54) is 19.2 Å². The van der Waals surface area contributed by atoms with Crippen LogP contribution in [0, 0.1) is 0 Å². The minimum absolute atomic E-state index is 0.0605. The molecule has 4 rings (SSSR count). The monoisotopic (exact) mass is 474 g/mol. The van der Waals surface area contributed by atoms with E-state index in [-0.39, 0.29) is 29.5 Å². The lowest BCUT2D eigenvalue weighted by Crippen LogP contribution is -2.35. The normalized spacial score (nSPS) is 19.2. The predicted octanol–water partition coefficient (Wildman–Crippen LogP) is 3.14. The van der Waals surface area contributed by atoms with E-state index in [1.54, 1.807) is 19.1 Å². The molecule has 2 aromatic carbocycles. The second-order valence-corrected chi connectivity index (χ2v) is 10.1. The SMILES string of the molecule is COC[C@@H](C)NS(=O)(=O)c1ccc(C(=O)N2CCC[C@@H]2c2ccc3c(c2)OCCCO3)cc1. The first-order chi connectivity index (χ1) is 15.9. The third-order valence-electron chi connectivity index (χ3n) is 5.85. The summed E-state index contributed by atoms with van der Waals surface area (Å²) in [4.78, 5) is 15.2. The number of nitrogens with one attached hydrogen (secondary N) is 1. The van der Waals surface area contributed by atoms with Gasteiger partial charge in [0.2, 0.25) is 10.0 Å². The van der Waals surface area contributed by atoms with Gasteiger partial charge in [-0.05, 0) is 61.7 Å². The second kappa shape index (κ2) is 10.1. The zero-order chi connectivity index (χ0) is 23.4. The number of methoxy groups -OCH3 is 1. The molecule has 2 atom stereocenters. The van der Waals surface area contributed by atoms with Crippen LogP contribution in [0.5, 0.6) is 11.5 Å². The fraction of sp³-hybridized carbons (Fsp3) is 0.458. The Morgan fingerprint density at radius 1 is 1.12 bits per heavy atom. The molecular weight excluding hydrogens is 444 g/mol. The molecule has 8 nitrogen and oxygen atoms in total. The Morgan fingerprint density at radius 2 is 1.85 bits per heavy atom. The van der Waals surface area contributed by atoms with E-state index < -0.39 is 10.0 Å². The van der Waals surface area contributed by atoms with Gasteiger partial charge in [0.25, 0.3) is 5.91 Å². The maximum atomic E-state index is 13.3. The zero-order valence-electron chi connectivity index (χ0n) is 19.0. The maximum absolute atomic E-state index is 13.3. The van der Waals surface area contributed by atoms with Crippen molar-refractivity contribution in [1.29, 1.82) is 0 Å². The quantitative estimate of drug-likeness (QED) is 0.663. The third-order valence-corrected chi connectivity index (χ3v) is 7.46. The molecule has 9 heteroatoms. The van der Waals surface area contributed by atoms with Gasteiger partial charge in [-0.3, -0.25) is 4.79 Å². The number of hydrogen-bond acceptors (Lipinski definition) is 6. The largest absolute Gasteiger partial charge is 0.490 e. The van der Waals surface area contributed by atoms with Crippen LogP contribution in [-0.4, -0.2) is 58.7 Å². The molecule has 1 saturated heterocycles. The molecule has 1 fully saturated rings. The van der Waals surface area contributed by atoms with Crippen LogP contribution in [0.3, 0.4) is 0 Å². The molecular formula is C24H30N2O6S. The van der Waals surface area contributed by atoms with E-state index in [0.717, 1.165) is 30.6 Å². The molecule has 0 bridgehead atoms. The van der Waals surface area contributed by atoms with E-state index >= 15 is 0 Å². The summed E-state index contributed by atoms with van der Waals surface area (Å²) >= 11 is 0. The fourth-order valence-electron chi connectivity index (χ4n) is 4.30. The van der Waals surface area contributed by atoms with Crippen molar-refractivity contribution >= 4 is 15.9 Å². The van der Waals surface area contributed by atoms with Gasteiger partial charge in [0.05, 0.1) is 30.8 Å². The summed E-state index contributed by atoms with van der Waals surface area (Å²) in [5, 5.41) is 0. The highest BCUT2D eigenvalue weighted by Gasteiger charge is 2.31. The summed E-state index contributed by atoms with van der Waals surface area (Å²) in [6.45, 7) is 3.89. The number of likely N-dealkylation sites (tertiary alicyclic amines) is 1. The van der Waals surface area contributed by atoms with E-state index in [1.807, 2.05) is 23.1 Å². The minimum atomic E-state index is -3.69. The summed E-state index contributed by atoms with van der Waals surface area (Å²) in [5.41, 5.74) is 1.47. The summed E-state index contributed by atoms with van der Waals surface area (Å²) in [6.07, 6.45) is 2.60. The van der Waals surface area contributed by atoms with Crippen molar-refractivity contribution < 1.29 is 27.4 Å². The van der Waals surface area contributed by atoms with Crippen molar-refractivity contribution in [3.63, 3.8) is 0 Å². The number of benzene rings is 2. The zero-order valence-corrected chi connectivity index (χ0v) is 19.8. The predicted molar refractivity (Wildman–Crippen MR) is 123 cm³/mol. The van der Waals surface area contributed by atoms with Gasteiger partial charge in [0.1, 0.15) is 0 Å². The molecule has 1 N–H and O–H groups in total. The Balaban J connectivity index is 1.50. The molecule has 2 aromatic rings. The molecule has 0 saturated carbocycles. The van der Waals surface area contributed by atoms with E-state index in [4.69, 9.17) is 14.2 Å². The van der Waals surface area contributed by atoms with Crippen LogP contribution >= 0.6 is 0 Å². The standard InChI is InChI=1S/C24H30N2O6S/c1-17(16-30-2)25-33(28,29)20-9-6-18(7-10-20)24(27)26-12-3-5-21(26)19-8-11-22-23(15-19)32-14-4-13-31-22/h6-11,15,17,21,25H,3-5,12-14,16H2,1-2H3/t17-,21-/m1/s1. The van der Waals surface area contributed by atoms with Crippen LogP contribution in [0.25, 0.3) is 0 Å². The number of carbonyl (C=O) groups is 1. The first-order valence-corrected chi connectivity index (χ1v) is 12.7. The number of hydrogen-bond donors (Lipinski definition) is 1. The highest BCUT2D eigenvalue weighted by atomic mass is 32.2. The van der Waals surface area contributed by atoms with Gasteiger partial charge in [-0.25, -0.2) is 13.1 Å². The van der Waals surface area contributed by atoms with E-state index in [2.05, 4.69) is 4.72 Å². The number of ether oxygens (including phenoxy) is 3. The maximum Gasteiger partial charge on any atom is 0.254 e. The van der Waals surface area contributed by atoms with E-state index in [9.17, 15) is 13.2 Å². The lowest BCUT2D eigenvalue weighted by molar-refractivity contribution is 0.0735. The fourth-order valence-corrected chi connectivity index (χ4v) is 5.53. The van der Waals surface area contributed by atoms with Crippen LogP contribution < -0.4 is 14.2 Å². The minimum Gasteiger partial charge on any atom is -0.490 e. The Kier molecular flexibility index (Phi) is 7.21. The molecule has 2 aliphatic heterocycles. The average Bonchev–Trinajstić information content (AvgIpc) is 3.17. The molecule has 178 valence electrons. The first-order valence-electron chi connectivity index (χ1n) is 11.2. The van der Waals surface area contributed by atoms with Crippen LogP contribution in [0.15, 0.2) is 47.4 Å². The molecule has 0 radical (unpaired) electrons. The molecule has 33 heavy (non-hydrogen) atoms. The van der Waals surface area contributed by atoms with Crippen molar-refractivity contribution in [3.05, 3.63) is 53.6 Å². The van der Waals surface area contributed by atoms with Crippen molar-refractivity contribution in [2.24, 2.45) is 0 Å². The highest BCUT2D eigenvalue weighted by Crippen LogP contribution is 2.38. The number of sulfonamides is 1. The van der Waals surface area contributed by atoms with Crippen LogP contribution in [0.1, 0.15) is 48.1 Å². The number of amides is 1. The highest BCUT2D eigenvalue weighted by molar-refractivity contribution is 7.89. The third kappa shape index (κ3) is 5.31. The Labute approximate surface area is 194 Å². The summed E-state index contributed by atoms with van der Waals surface area (Å²) in [7, 11) is -2.17. The van der Waals surface area contributed by atoms with Gasteiger partial charge in [-0.15, -0.1) is 0 Å². The van der Waals surface area contributed by atoms with Gasteiger partial charge in [0.15, 0.2) is 11.5 Å². The van der Waals surface area contributed by atoms with Crippen molar-refractivity contribution in [1.82, 2.24) is 9.62 Å². The van der Waals surface area contributed by atoms with Gasteiger partial charge in [-0.1, -0.05) is 6.07 Å². The summed E-state index contributed by atoms with van der Waals surface area (Å²) in [5.74, 6) is 1.33. The van der Waals surface area contributed by atoms with E-state index in [0.29, 0.717) is 31.1 Å². The first kappa shape index (κ1) is 23.5. The molecule has 2 aliphatic rings. The molecule has 0 aliphatic carbocycles. The molecule has 0 spiro atoms. The lowest BCUT2D eigenvalue weighted by Gasteiger charge is -2.26. The second-order valence-electron chi connectivity index (χ2n) is 8.42. The molecule has 0 unspecified atom stereocenters.